The molecule has 0 aromatic carbocycles. The Labute approximate surface area is 111 Å². The summed E-state index contributed by atoms with van der Waals surface area (Å²) in [5.74, 6) is 0.618. The Morgan fingerprint density at radius 3 is 2.94 bits per heavy atom. The van der Waals surface area contributed by atoms with E-state index in [0.29, 0.717) is 17.7 Å². The quantitative estimate of drug-likeness (QED) is 0.620. The van der Waals surface area contributed by atoms with Crippen LogP contribution in [0.15, 0.2) is 6.33 Å². The third-order valence-electron chi connectivity index (χ3n) is 3.37. The lowest BCUT2D eigenvalue weighted by molar-refractivity contribution is 0.0719. The number of methoxy groups -OCH3 is 1. The van der Waals surface area contributed by atoms with E-state index in [1.54, 1.807) is 7.11 Å². The third-order valence-corrected chi connectivity index (χ3v) is 3.67. The average Bonchev–Trinajstić information content (AvgIpc) is 2.38. The zero-order valence-corrected chi connectivity index (χ0v) is 11.2. The second-order valence-corrected chi connectivity index (χ2v) is 4.80. The SMILES string of the molecule is COC1CCN(c2ncnc(Cl)c2C=O)C(C)C1. The van der Waals surface area contributed by atoms with E-state index in [9.17, 15) is 4.79 Å². The molecule has 0 spiro atoms. The van der Waals surface area contributed by atoms with Crippen LogP contribution >= 0.6 is 11.6 Å². The number of halogens is 1. The first-order valence-corrected chi connectivity index (χ1v) is 6.30. The van der Waals surface area contributed by atoms with Gasteiger partial charge in [-0.05, 0) is 19.8 Å². The molecule has 1 aliphatic heterocycles. The van der Waals surface area contributed by atoms with Gasteiger partial charge in [-0.3, -0.25) is 4.79 Å². The number of nitrogens with zero attached hydrogens (tertiary/aromatic N) is 3. The fourth-order valence-corrected chi connectivity index (χ4v) is 2.53. The first kappa shape index (κ1) is 13.2. The molecule has 18 heavy (non-hydrogen) atoms. The van der Waals surface area contributed by atoms with Gasteiger partial charge in [-0.2, -0.15) is 0 Å². The number of aldehydes is 1. The van der Waals surface area contributed by atoms with Gasteiger partial charge < -0.3 is 9.64 Å². The van der Waals surface area contributed by atoms with Crippen LogP contribution in [0.5, 0.6) is 0 Å². The number of aromatic nitrogens is 2. The standard InChI is InChI=1S/C12H16ClN3O2/c1-8-5-9(18-2)3-4-16(8)12-10(6-17)11(13)14-7-15-12/h6-9H,3-5H2,1-2H3. The van der Waals surface area contributed by atoms with Crippen LogP contribution in [0.25, 0.3) is 0 Å². The molecule has 2 rings (SSSR count). The van der Waals surface area contributed by atoms with Gasteiger partial charge in [0.25, 0.3) is 0 Å². The van der Waals surface area contributed by atoms with Gasteiger partial charge >= 0.3 is 0 Å². The summed E-state index contributed by atoms with van der Waals surface area (Å²) in [6, 6.07) is 0.258. The minimum Gasteiger partial charge on any atom is -0.381 e. The highest BCUT2D eigenvalue weighted by molar-refractivity contribution is 6.32. The predicted octanol–water partition coefficient (Wildman–Crippen LogP) is 1.95. The summed E-state index contributed by atoms with van der Waals surface area (Å²) in [6.45, 7) is 2.89. The van der Waals surface area contributed by atoms with E-state index < -0.39 is 0 Å². The molecule has 0 bridgehead atoms. The molecule has 0 N–H and O–H groups in total. The predicted molar refractivity (Wildman–Crippen MR) is 69.3 cm³/mol. The lowest BCUT2D eigenvalue weighted by Crippen LogP contribution is -2.44. The van der Waals surface area contributed by atoms with Crippen molar-refractivity contribution >= 4 is 23.7 Å². The molecule has 0 radical (unpaired) electrons. The number of hydrogen-bond acceptors (Lipinski definition) is 5. The van der Waals surface area contributed by atoms with E-state index in [0.717, 1.165) is 19.4 Å². The topological polar surface area (TPSA) is 55.3 Å². The molecule has 2 heterocycles. The van der Waals surface area contributed by atoms with Crippen LogP contribution in [0.2, 0.25) is 5.15 Å². The van der Waals surface area contributed by atoms with E-state index in [-0.39, 0.29) is 17.3 Å². The largest absolute Gasteiger partial charge is 0.381 e. The third kappa shape index (κ3) is 2.47. The number of carbonyl (C=O) groups is 1. The van der Waals surface area contributed by atoms with Crippen LogP contribution < -0.4 is 4.90 Å². The molecule has 98 valence electrons. The van der Waals surface area contributed by atoms with Gasteiger partial charge in [-0.1, -0.05) is 11.6 Å². The van der Waals surface area contributed by atoms with Crippen molar-refractivity contribution in [3.05, 3.63) is 17.0 Å². The molecule has 2 unspecified atom stereocenters. The number of rotatable bonds is 3. The van der Waals surface area contributed by atoms with Gasteiger partial charge in [-0.15, -0.1) is 0 Å². The van der Waals surface area contributed by atoms with Gasteiger partial charge in [-0.25, -0.2) is 9.97 Å². The molecule has 0 saturated carbocycles. The van der Waals surface area contributed by atoms with Gasteiger partial charge in [0.1, 0.15) is 17.3 Å². The van der Waals surface area contributed by atoms with Crippen LogP contribution in [0, 0.1) is 0 Å². The summed E-state index contributed by atoms with van der Waals surface area (Å²) in [7, 11) is 1.73. The van der Waals surface area contributed by atoms with Crippen molar-refractivity contribution in [2.75, 3.05) is 18.6 Å². The number of anilines is 1. The molecular weight excluding hydrogens is 254 g/mol. The monoisotopic (exact) mass is 269 g/mol. The number of hydrogen-bond donors (Lipinski definition) is 0. The Kier molecular flexibility index (Phi) is 4.14. The summed E-state index contributed by atoms with van der Waals surface area (Å²) in [6.07, 6.45) is 4.21. The molecule has 0 amide bonds. The summed E-state index contributed by atoms with van der Waals surface area (Å²) >= 11 is 5.92. The number of ether oxygens (including phenoxy) is 1. The maximum Gasteiger partial charge on any atom is 0.156 e. The van der Waals surface area contributed by atoms with Crippen molar-refractivity contribution in [2.24, 2.45) is 0 Å². The fraction of sp³-hybridized carbons (Fsp3) is 0.583. The van der Waals surface area contributed by atoms with Crippen molar-refractivity contribution in [1.82, 2.24) is 9.97 Å². The van der Waals surface area contributed by atoms with Crippen molar-refractivity contribution < 1.29 is 9.53 Å². The smallest absolute Gasteiger partial charge is 0.156 e. The van der Waals surface area contributed by atoms with E-state index in [4.69, 9.17) is 16.3 Å². The molecule has 2 atom stereocenters. The van der Waals surface area contributed by atoms with E-state index in [1.807, 2.05) is 0 Å². The molecule has 1 aliphatic rings. The summed E-state index contributed by atoms with van der Waals surface area (Å²) < 4.78 is 5.37. The normalized spacial score (nSPS) is 24.1. The summed E-state index contributed by atoms with van der Waals surface area (Å²) in [5.41, 5.74) is 0.363. The molecule has 5 nitrogen and oxygen atoms in total. The van der Waals surface area contributed by atoms with Crippen LogP contribution in [-0.4, -0.2) is 42.1 Å². The highest BCUT2D eigenvalue weighted by atomic mass is 35.5. The highest BCUT2D eigenvalue weighted by Gasteiger charge is 2.28. The molecule has 1 aromatic heterocycles. The Balaban J connectivity index is 2.27. The molecule has 1 fully saturated rings. The zero-order chi connectivity index (χ0) is 13.1. The van der Waals surface area contributed by atoms with Gasteiger partial charge in [0.2, 0.25) is 0 Å². The van der Waals surface area contributed by atoms with Crippen molar-refractivity contribution in [3.63, 3.8) is 0 Å². The average molecular weight is 270 g/mol. The minimum absolute atomic E-state index is 0.205. The van der Waals surface area contributed by atoms with E-state index in [1.165, 1.54) is 6.33 Å². The molecule has 1 saturated heterocycles. The van der Waals surface area contributed by atoms with E-state index in [2.05, 4.69) is 21.8 Å². The van der Waals surface area contributed by atoms with Gasteiger partial charge in [0, 0.05) is 19.7 Å². The maximum atomic E-state index is 11.1. The molecule has 6 heteroatoms. The van der Waals surface area contributed by atoms with Crippen molar-refractivity contribution in [1.29, 1.82) is 0 Å². The second kappa shape index (κ2) is 5.63. The van der Waals surface area contributed by atoms with Crippen molar-refractivity contribution in [3.8, 4) is 0 Å². The minimum atomic E-state index is 0.205. The summed E-state index contributed by atoms with van der Waals surface area (Å²) in [5, 5.41) is 0.205. The fourth-order valence-electron chi connectivity index (χ4n) is 2.35. The first-order chi connectivity index (χ1) is 8.67. The van der Waals surface area contributed by atoms with Gasteiger partial charge in [0.15, 0.2) is 6.29 Å². The number of piperidine rings is 1. The van der Waals surface area contributed by atoms with Crippen LogP contribution in [-0.2, 0) is 4.74 Å². The van der Waals surface area contributed by atoms with Gasteiger partial charge in [0.05, 0.1) is 11.7 Å². The highest BCUT2D eigenvalue weighted by Crippen LogP contribution is 2.28. The van der Waals surface area contributed by atoms with Crippen LogP contribution in [0.4, 0.5) is 5.82 Å². The Bertz CT molecular complexity index is 441. The van der Waals surface area contributed by atoms with E-state index >= 15 is 0 Å². The lowest BCUT2D eigenvalue weighted by Gasteiger charge is -2.38. The Morgan fingerprint density at radius 2 is 2.33 bits per heavy atom. The Morgan fingerprint density at radius 1 is 1.56 bits per heavy atom. The molecule has 1 aromatic rings. The second-order valence-electron chi connectivity index (χ2n) is 4.44. The lowest BCUT2D eigenvalue weighted by atomic mass is 10.0. The maximum absolute atomic E-state index is 11.1. The van der Waals surface area contributed by atoms with Crippen LogP contribution in [0.3, 0.4) is 0 Å². The van der Waals surface area contributed by atoms with Crippen LogP contribution in [0.1, 0.15) is 30.1 Å². The molecular formula is C12H16ClN3O2. The van der Waals surface area contributed by atoms with Crippen molar-refractivity contribution in [2.45, 2.75) is 31.9 Å². The first-order valence-electron chi connectivity index (χ1n) is 5.92. The Hall–Kier alpha value is -1.20. The molecule has 0 aliphatic carbocycles. The number of carbonyl (C=O) groups excluding carboxylic acids is 1. The summed E-state index contributed by atoms with van der Waals surface area (Å²) in [4.78, 5) is 21.2. The zero-order valence-electron chi connectivity index (χ0n) is 10.5.